The summed E-state index contributed by atoms with van der Waals surface area (Å²) in [5.41, 5.74) is 1.07. The number of rotatable bonds is 6. The molecule has 1 aromatic heterocycles. The third-order valence-corrected chi connectivity index (χ3v) is 3.97. The number of nitrogens with one attached hydrogen (secondary N) is 2. The van der Waals surface area contributed by atoms with Crippen molar-refractivity contribution >= 4 is 34.0 Å². The monoisotopic (exact) mass is 324 g/mol. The molecule has 5 nitrogen and oxygen atoms in total. The number of aromatic nitrogens is 2. The third kappa shape index (κ3) is 4.77. The van der Waals surface area contributed by atoms with Gasteiger partial charge in [-0.25, -0.2) is 0 Å². The molecular formula is C14H17ClN4OS. The Balaban J connectivity index is 1.97. The van der Waals surface area contributed by atoms with Crippen molar-refractivity contribution in [2.45, 2.75) is 13.3 Å². The highest BCUT2D eigenvalue weighted by Crippen LogP contribution is 2.20. The van der Waals surface area contributed by atoms with Crippen LogP contribution < -0.4 is 10.6 Å². The summed E-state index contributed by atoms with van der Waals surface area (Å²) in [6, 6.07) is 7.62. The topological polar surface area (TPSA) is 66.9 Å². The molecule has 2 N–H and O–H groups in total. The van der Waals surface area contributed by atoms with E-state index in [0.717, 1.165) is 10.6 Å². The smallest absolute Gasteiger partial charge is 0.230 e. The summed E-state index contributed by atoms with van der Waals surface area (Å²) in [4.78, 5) is 11.9. The van der Waals surface area contributed by atoms with Crippen molar-refractivity contribution in [1.29, 1.82) is 0 Å². The number of carbonyl (C=O) groups is 1. The number of nitrogens with zero attached hydrogens (tertiary/aromatic N) is 2. The molecule has 7 heteroatoms. The molecular weight excluding hydrogens is 308 g/mol. The van der Waals surface area contributed by atoms with Crippen LogP contribution >= 0.6 is 22.9 Å². The van der Waals surface area contributed by atoms with Gasteiger partial charge in [0.15, 0.2) is 0 Å². The van der Waals surface area contributed by atoms with E-state index in [9.17, 15) is 4.79 Å². The van der Waals surface area contributed by atoms with Crippen LogP contribution in [0.3, 0.4) is 0 Å². The van der Waals surface area contributed by atoms with Gasteiger partial charge in [0.2, 0.25) is 11.0 Å². The number of halogens is 1. The second kappa shape index (κ2) is 7.49. The van der Waals surface area contributed by atoms with Crippen LogP contribution in [0.25, 0.3) is 0 Å². The Morgan fingerprint density at radius 3 is 2.95 bits per heavy atom. The fourth-order valence-electron chi connectivity index (χ4n) is 1.82. The first-order valence-corrected chi connectivity index (χ1v) is 7.80. The van der Waals surface area contributed by atoms with Crippen molar-refractivity contribution in [1.82, 2.24) is 15.5 Å². The molecule has 0 spiro atoms. The Labute approximate surface area is 132 Å². The van der Waals surface area contributed by atoms with E-state index in [0.29, 0.717) is 23.1 Å². The molecule has 0 bridgehead atoms. The van der Waals surface area contributed by atoms with Crippen molar-refractivity contribution < 1.29 is 4.79 Å². The number of benzene rings is 1. The normalized spacial score (nSPS) is 12.1. The number of carbonyl (C=O) groups excluding carboxylic acids is 1. The highest BCUT2D eigenvalue weighted by molar-refractivity contribution is 7.15. The SMILES string of the molecule is CNCC(C)C(=O)Nc1nnc(Cc2cccc(Cl)c2)s1. The molecule has 0 fully saturated rings. The second-order valence-corrected chi connectivity index (χ2v) is 6.25. The molecule has 1 atom stereocenters. The summed E-state index contributed by atoms with van der Waals surface area (Å²) in [6.07, 6.45) is 0.653. The minimum atomic E-state index is -0.115. The van der Waals surface area contributed by atoms with Gasteiger partial charge >= 0.3 is 0 Å². The Morgan fingerprint density at radius 1 is 1.43 bits per heavy atom. The van der Waals surface area contributed by atoms with Crippen LogP contribution in [-0.2, 0) is 11.2 Å². The van der Waals surface area contributed by atoms with Crippen molar-refractivity contribution in [2.24, 2.45) is 5.92 Å². The lowest BCUT2D eigenvalue weighted by Gasteiger charge is -2.08. The van der Waals surface area contributed by atoms with Gasteiger partial charge in [0.1, 0.15) is 5.01 Å². The van der Waals surface area contributed by atoms with Crippen LogP contribution in [0.15, 0.2) is 24.3 Å². The fourth-order valence-corrected chi connectivity index (χ4v) is 2.81. The summed E-state index contributed by atoms with van der Waals surface area (Å²) in [5, 5.41) is 15.9. The zero-order valence-corrected chi connectivity index (χ0v) is 13.5. The molecule has 0 aliphatic rings. The molecule has 1 aromatic carbocycles. The van der Waals surface area contributed by atoms with Gasteiger partial charge in [0.25, 0.3) is 0 Å². The highest BCUT2D eigenvalue weighted by atomic mass is 35.5. The van der Waals surface area contributed by atoms with E-state index in [1.807, 2.05) is 38.2 Å². The first-order chi connectivity index (χ1) is 10.1. The van der Waals surface area contributed by atoms with Crippen molar-refractivity contribution in [3.8, 4) is 0 Å². The molecule has 0 radical (unpaired) electrons. The van der Waals surface area contributed by atoms with Gasteiger partial charge in [-0.15, -0.1) is 10.2 Å². The van der Waals surface area contributed by atoms with Gasteiger partial charge < -0.3 is 10.6 Å². The van der Waals surface area contributed by atoms with E-state index in [-0.39, 0.29) is 11.8 Å². The molecule has 1 unspecified atom stereocenters. The molecule has 0 aliphatic heterocycles. The van der Waals surface area contributed by atoms with Crippen LogP contribution in [-0.4, -0.2) is 29.7 Å². The molecule has 2 rings (SSSR count). The van der Waals surface area contributed by atoms with Gasteiger partial charge in [0, 0.05) is 23.9 Å². The van der Waals surface area contributed by atoms with Crippen molar-refractivity contribution in [3.05, 3.63) is 39.9 Å². The van der Waals surface area contributed by atoms with Gasteiger partial charge in [-0.05, 0) is 24.7 Å². The van der Waals surface area contributed by atoms with Gasteiger partial charge in [-0.3, -0.25) is 4.79 Å². The Kier molecular flexibility index (Phi) is 5.67. The summed E-state index contributed by atoms with van der Waals surface area (Å²) in [5.74, 6) is -0.176. The van der Waals surface area contributed by atoms with E-state index in [1.54, 1.807) is 0 Å². The second-order valence-electron chi connectivity index (χ2n) is 4.76. The fraction of sp³-hybridized carbons (Fsp3) is 0.357. The lowest BCUT2D eigenvalue weighted by Crippen LogP contribution is -2.28. The zero-order chi connectivity index (χ0) is 15.2. The van der Waals surface area contributed by atoms with Crippen LogP contribution in [0.1, 0.15) is 17.5 Å². The van der Waals surface area contributed by atoms with Gasteiger partial charge in [0.05, 0.1) is 0 Å². The van der Waals surface area contributed by atoms with Crippen LogP contribution in [0.4, 0.5) is 5.13 Å². The number of amides is 1. The lowest BCUT2D eigenvalue weighted by molar-refractivity contribution is -0.119. The number of anilines is 1. The molecule has 0 saturated heterocycles. The van der Waals surface area contributed by atoms with Gasteiger partial charge in [-0.2, -0.15) is 0 Å². The third-order valence-electron chi connectivity index (χ3n) is 2.90. The molecule has 112 valence electrons. The van der Waals surface area contributed by atoms with Crippen LogP contribution in [0, 0.1) is 5.92 Å². The minimum absolute atomic E-state index is 0.0604. The maximum absolute atomic E-state index is 11.9. The maximum atomic E-state index is 11.9. The first-order valence-electron chi connectivity index (χ1n) is 6.60. The summed E-state index contributed by atoms with van der Waals surface area (Å²) < 4.78 is 0. The van der Waals surface area contributed by atoms with Gasteiger partial charge in [-0.1, -0.05) is 42.0 Å². The summed E-state index contributed by atoms with van der Waals surface area (Å²) in [6.45, 7) is 2.49. The van der Waals surface area contributed by atoms with E-state index in [4.69, 9.17) is 11.6 Å². The standard InChI is InChI=1S/C14H17ClN4OS/c1-9(8-16-2)13(20)17-14-19-18-12(21-14)7-10-4-3-5-11(15)6-10/h3-6,9,16H,7-8H2,1-2H3,(H,17,19,20). The van der Waals surface area contributed by atoms with E-state index in [1.165, 1.54) is 11.3 Å². The quantitative estimate of drug-likeness (QED) is 0.857. The van der Waals surface area contributed by atoms with Crippen molar-refractivity contribution in [2.75, 3.05) is 18.9 Å². The van der Waals surface area contributed by atoms with Crippen molar-refractivity contribution in [3.63, 3.8) is 0 Å². The number of hydrogen-bond donors (Lipinski definition) is 2. The Bertz CT molecular complexity index is 617. The molecule has 1 amide bonds. The molecule has 2 aromatic rings. The maximum Gasteiger partial charge on any atom is 0.230 e. The lowest BCUT2D eigenvalue weighted by atomic mass is 10.2. The van der Waals surface area contributed by atoms with E-state index < -0.39 is 0 Å². The summed E-state index contributed by atoms with van der Waals surface area (Å²) in [7, 11) is 1.82. The Hall–Kier alpha value is -1.50. The largest absolute Gasteiger partial charge is 0.319 e. The van der Waals surface area contributed by atoms with E-state index in [2.05, 4.69) is 20.8 Å². The summed E-state index contributed by atoms with van der Waals surface area (Å²) >= 11 is 7.33. The molecule has 0 saturated carbocycles. The molecule has 21 heavy (non-hydrogen) atoms. The van der Waals surface area contributed by atoms with E-state index >= 15 is 0 Å². The number of hydrogen-bond acceptors (Lipinski definition) is 5. The zero-order valence-electron chi connectivity index (χ0n) is 11.9. The predicted octanol–water partition coefficient (Wildman–Crippen LogP) is 2.58. The average Bonchev–Trinajstić information content (AvgIpc) is 2.86. The Morgan fingerprint density at radius 2 is 2.24 bits per heavy atom. The first kappa shape index (κ1) is 15.9. The average molecular weight is 325 g/mol. The van der Waals surface area contributed by atoms with Crippen LogP contribution in [0.5, 0.6) is 0 Å². The minimum Gasteiger partial charge on any atom is -0.319 e. The van der Waals surface area contributed by atoms with Crippen LogP contribution in [0.2, 0.25) is 5.02 Å². The molecule has 0 aliphatic carbocycles. The predicted molar refractivity (Wildman–Crippen MR) is 85.9 cm³/mol. The highest BCUT2D eigenvalue weighted by Gasteiger charge is 2.14. The molecule has 1 heterocycles.